The van der Waals surface area contributed by atoms with Gasteiger partial charge in [0.25, 0.3) is 0 Å². The van der Waals surface area contributed by atoms with Crippen molar-refractivity contribution in [3.8, 4) is 17.2 Å². The molecule has 6 nitrogen and oxygen atoms in total. The smallest absolute Gasteiger partial charge is 0.338 e. The molecule has 1 aromatic heterocycles. The van der Waals surface area contributed by atoms with E-state index in [1.165, 1.54) is 6.26 Å². The highest BCUT2D eigenvalue weighted by atomic mass is 79.9. The van der Waals surface area contributed by atoms with Crippen LogP contribution in [0.3, 0.4) is 0 Å². The molecule has 162 valence electrons. The zero-order valence-electron chi connectivity index (χ0n) is 17.2. The molecule has 4 aromatic rings. The van der Waals surface area contributed by atoms with Gasteiger partial charge in [0, 0.05) is 10.5 Å². The Morgan fingerprint density at radius 2 is 1.69 bits per heavy atom. The summed E-state index contributed by atoms with van der Waals surface area (Å²) in [5, 5.41) is 0.377. The maximum atomic E-state index is 12.8. The van der Waals surface area contributed by atoms with Crippen LogP contribution >= 0.6 is 15.9 Å². The highest BCUT2D eigenvalue weighted by molar-refractivity contribution is 9.10. The zero-order chi connectivity index (χ0) is 22.5. The average molecular weight is 495 g/mol. The highest BCUT2D eigenvalue weighted by Gasteiger charge is 2.12. The molecule has 0 N–H and O–H groups in total. The summed E-state index contributed by atoms with van der Waals surface area (Å²) in [4.78, 5) is 24.6. The standard InChI is InChI=1S/C25H19BrO6/c1-2-29-25(28)17-5-9-19(10-6-17)32-23-15-31-22-13-20(11-12-21(22)24(23)27)30-14-16-3-7-18(26)8-4-16/h3-13,15H,2,14H2,1H3. The molecule has 7 heteroatoms. The van der Waals surface area contributed by atoms with E-state index >= 15 is 0 Å². The van der Waals surface area contributed by atoms with Gasteiger partial charge in [-0.2, -0.15) is 0 Å². The van der Waals surface area contributed by atoms with Crippen molar-refractivity contribution in [2.24, 2.45) is 0 Å². The molecule has 3 aromatic carbocycles. The Bertz CT molecular complexity index is 1290. The van der Waals surface area contributed by atoms with Crippen molar-refractivity contribution < 1.29 is 23.4 Å². The minimum atomic E-state index is -0.414. The van der Waals surface area contributed by atoms with Crippen molar-refractivity contribution in [3.05, 3.63) is 98.8 Å². The molecule has 0 amide bonds. The summed E-state index contributed by atoms with van der Waals surface area (Å²) in [6, 6.07) is 19.2. The Labute approximate surface area is 192 Å². The second-order valence-corrected chi connectivity index (χ2v) is 7.76. The van der Waals surface area contributed by atoms with Crippen LogP contribution in [0.5, 0.6) is 17.2 Å². The Morgan fingerprint density at radius 1 is 0.969 bits per heavy atom. The van der Waals surface area contributed by atoms with Crippen molar-refractivity contribution in [3.63, 3.8) is 0 Å². The monoisotopic (exact) mass is 494 g/mol. The molecule has 32 heavy (non-hydrogen) atoms. The van der Waals surface area contributed by atoms with Gasteiger partial charge in [0.2, 0.25) is 11.2 Å². The number of carbonyl (C=O) groups excluding carboxylic acids is 1. The molecule has 0 aliphatic rings. The van der Waals surface area contributed by atoms with Crippen molar-refractivity contribution >= 4 is 32.9 Å². The van der Waals surface area contributed by atoms with Crippen molar-refractivity contribution in [1.29, 1.82) is 0 Å². The van der Waals surface area contributed by atoms with Crippen LogP contribution in [-0.4, -0.2) is 12.6 Å². The average Bonchev–Trinajstić information content (AvgIpc) is 2.81. The predicted molar refractivity (Wildman–Crippen MR) is 123 cm³/mol. The van der Waals surface area contributed by atoms with Crippen LogP contribution in [0.15, 0.2) is 86.7 Å². The molecule has 0 bridgehead atoms. The van der Waals surface area contributed by atoms with Crippen LogP contribution in [-0.2, 0) is 11.3 Å². The fourth-order valence-corrected chi connectivity index (χ4v) is 3.26. The Morgan fingerprint density at radius 3 is 2.41 bits per heavy atom. The number of hydrogen-bond acceptors (Lipinski definition) is 6. The number of benzene rings is 3. The SMILES string of the molecule is CCOC(=O)c1ccc(Oc2coc3cc(OCc4ccc(Br)cc4)ccc3c2=O)cc1. The maximum Gasteiger partial charge on any atom is 0.338 e. The molecule has 0 aliphatic heterocycles. The van der Waals surface area contributed by atoms with Crippen LogP contribution in [0.25, 0.3) is 11.0 Å². The van der Waals surface area contributed by atoms with Crippen molar-refractivity contribution in [2.45, 2.75) is 13.5 Å². The lowest BCUT2D eigenvalue weighted by Crippen LogP contribution is -2.06. The predicted octanol–water partition coefficient (Wildman–Crippen LogP) is 6.10. The molecule has 0 unspecified atom stereocenters. The van der Waals surface area contributed by atoms with Crippen molar-refractivity contribution in [2.75, 3.05) is 6.61 Å². The van der Waals surface area contributed by atoms with Gasteiger partial charge in [0.15, 0.2) is 0 Å². The number of fused-ring (bicyclic) bond motifs is 1. The maximum absolute atomic E-state index is 12.8. The first kappa shape index (κ1) is 21.6. The Hall–Kier alpha value is -3.58. The van der Waals surface area contributed by atoms with Gasteiger partial charge in [0.05, 0.1) is 17.6 Å². The third kappa shape index (κ3) is 5.00. The second kappa shape index (κ2) is 9.70. The van der Waals surface area contributed by atoms with Gasteiger partial charge < -0.3 is 18.6 Å². The molecule has 1 heterocycles. The number of rotatable bonds is 7. The Kier molecular flexibility index (Phi) is 6.56. The third-order valence-corrected chi connectivity index (χ3v) is 5.16. The topological polar surface area (TPSA) is 75.0 Å². The molecular weight excluding hydrogens is 476 g/mol. The summed E-state index contributed by atoms with van der Waals surface area (Å²) in [7, 11) is 0. The summed E-state index contributed by atoms with van der Waals surface area (Å²) >= 11 is 3.40. The summed E-state index contributed by atoms with van der Waals surface area (Å²) in [6.07, 6.45) is 1.27. The van der Waals surface area contributed by atoms with Gasteiger partial charge in [-0.1, -0.05) is 28.1 Å². The van der Waals surface area contributed by atoms with E-state index in [0.29, 0.717) is 41.2 Å². The molecule has 0 aliphatic carbocycles. The molecule has 0 fully saturated rings. The first-order chi connectivity index (χ1) is 15.5. The molecule has 0 saturated carbocycles. The Balaban J connectivity index is 1.49. The largest absolute Gasteiger partial charge is 0.489 e. The molecular formula is C25H19BrO6. The van der Waals surface area contributed by atoms with E-state index < -0.39 is 5.97 Å². The molecule has 0 atom stereocenters. The van der Waals surface area contributed by atoms with Gasteiger partial charge in [-0.25, -0.2) is 4.79 Å². The number of carbonyl (C=O) groups is 1. The quantitative estimate of drug-likeness (QED) is 0.289. The lowest BCUT2D eigenvalue weighted by molar-refractivity contribution is 0.0526. The van der Waals surface area contributed by atoms with E-state index in [4.69, 9.17) is 18.6 Å². The van der Waals surface area contributed by atoms with Crippen LogP contribution in [0.1, 0.15) is 22.8 Å². The lowest BCUT2D eigenvalue weighted by Gasteiger charge is -2.09. The first-order valence-electron chi connectivity index (χ1n) is 9.91. The highest BCUT2D eigenvalue weighted by Crippen LogP contribution is 2.25. The van der Waals surface area contributed by atoms with Gasteiger partial charge >= 0.3 is 5.97 Å². The van der Waals surface area contributed by atoms with E-state index in [-0.39, 0.29) is 11.2 Å². The van der Waals surface area contributed by atoms with Gasteiger partial charge in [-0.05, 0) is 61.0 Å². The zero-order valence-corrected chi connectivity index (χ0v) is 18.8. The minimum absolute atomic E-state index is 0.0462. The third-order valence-electron chi connectivity index (χ3n) is 4.63. The summed E-state index contributed by atoms with van der Waals surface area (Å²) in [6.45, 7) is 2.43. The van der Waals surface area contributed by atoms with E-state index in [2.05, 4.69) is 15.9 Å². The molecule has 0 radical (unpaired) electrons. The molecule has 0 saturated heterocycles. The van der Waals surface area contributed by atoms with Crippen molar-refractivity contribution in [1.82, 2.24) is 0 Å². The number of ether oxygens (including phenoxy) is 3. The van der Waals surface area contributed by atoms with Gasteiger partial charge in [-0.15, -0.1) is 0 Å². The van der Waals surface area contributed by atoms with Crippen LogP contribution < -0.4 is 14.9 Å². The van der Waals surface area contributed by atoms with E-state index in [0.717, 1.165) is 10.0 Å². The van der Waals surface area contributed by atoms with Gasteiger partial charge in [0.1, 0.15) is 30.0 Å². The second-order valence-electron chi connectivity index (χ2n) is 6.85. The fraction of sp³-hybridized carbons (Fsp3) is 0.120. The lowest BCUT2D eigenvalue weighted by atomic mass is 10.2. The van der Waals surface area contributed by atoms with E-state index in [1.54, 1.807) is 49.4 Å². The van der Waals surface area contributed by atoms with E-state index in [9.17, 15) is 9.59 Å². The van der Waals surface area contributed by atoms with E-state index in [1.807, 2.05) is 24.3 Å². The summed E-state index contributed by atoms with van der Waals surface area (Å²) in [5.41, 5.74) is 1.52. The number of halogens is 1. The fourth-order valence-electron chi connectivity index (χ4n) is 3.00. The summed E-state index contributed by atoms with van der Waals surface area (Å²) < 4.78 is 23.0. The minimum Gasteiger partial charge on any atom is -0.489 e. The molecule has 4 rings (SSSR count). The van der Waals surface area contributed by atoms with Crippen LogP contribution in [0, 0.1) is 0 Å². The molecule has 0 spiro atoms. The normalized spacial score (nSPS) is 10.7. The van der Waals surface area contributed by atoms with Gasteiger partial charge in [-0.3, -0.25) is 4.79 Å². The first-order valence-corrected chi connectivity index (χ1v) is 10.7. The van der Waals surface area contributed by atoms with Crippen LogP contribution in [0.2, 0.25) is 0 Å². The number of hydrogen-bond donors (Lipinski definition) is 0. The number of esters is 1. The summed E-state index contributed by atoms with van der Waals surface area (Å²) in [5.74, 6) is 0.623. The van der Waals surface area contributed by atoms with Crippen LogP contribution in [0.4, 0.5) is 0 Å².